The summed E-state index contributed by atoms with van der Waals surface area (Å²) >= 11 is 0. The average molecular weight is 132 g/mol. The molecule has 0 aliphatic heterocycles. The molecule has 0 amide bonds. The Morgan fingerprint density at radius 3 is 2.90 bits per heavy atom. The molecule has 0 atom stereocenters. The number of hydrogen-bond donors (Lipinski definition) is 1. The minimum absolute atomic E-state index is 0.00407. The Morgan fingerprint density at radius 1 is 1.30 bits per heavy atom. The fraction of sp³-hybridized carbons (Fsp3) is 0. The van der Waals surface area contributed by atoms with Gasteiger partial charge in [0.2, 0.25) is 0 Å². The summed E-state index contributed by atoms with van der Waals surface area (Å²) in [6.07, 6.45) is 0. The summed E-state index contributed by atoms with van der Waals surface area (Å²) in [5, 5.41) is 10.7. The summed E-state index contributed by atoms with van der Waals surface area (Å²) in [4.78, 5) is 0. The van der Waals surface area contributed by atoms with Crippen LogP contribution in [0.1, 0.15) is 0 Å². The van der Waals surface area contributed by atoms with Crippen LogP contribution in [-0.2, 0) is 0 Å². The van der Waals surface area contributed by atoms with E-state index in [0.29, 0.717) is 0 Å². The van der Waals surface area contributed by atoms with Gasteiger partial charge < -0.3 is 0 Å². The molecule has 1 aromatic heterocycles. The van der Waals surface area contributed by atoms with E-state index in [4.69, 9.17) is 9.44 Å². The first kappa shape index (κ1) is 5.53. The first-order valence-corrected chi connectivity index (χ1v) is 3.03. The van der Waals surface area contributed by atoms with E-state index in [9.17, 15) is 0 Å². The van der Waals surface area contributed by atoms with Gasteiger partial charge in [-0.1, -0.05) is 0 Å². The number of rotatable bonds is 0. The zero-order valence-corrected chi connectivity index (χ0v) is 5.24. The molecule has 0 bridgehead atoms. The minimum atomic E-state index is -0.00407. The van der Waals surface area contributed by atoms with E-state index in [0.717, 1.165) is 10.7 Å². The number of aromatic hydroxyl groups is 1. The predicted molar refractivity (Wildman–Crippen MR) is 39.2 cm³/mol. The molecular weight excluding hydrogens is 127 g/mol. The van der Waals surface area contributed by atoms with E-state index in [2.05, 4.69) is 0 Å². The van der Waals surface area contributed by atoms with Crippen LogP contribution in [0.4, 0.5) is 0 Å². The van der Waals surface area contributed by atoms with Gasteiger partial charge in [0, 0.05) is 0 Å². The third-order valence-electron chi connectivity index (χ3n) is 1.49. The predicted octanol–water partition coefficient (Wildman–Crippen LogP) is 1.48. The van der Waals surface area contributed by atoms with Crippen LogP contribution < -0.4 is 0 Å². The van der Waals surface area contributed by atoms with Gasteiger partial charge in [-0.3, -0.25) is 0 Å². The van der Waals surface area contributed by atoms with Crippen LogP contribution in [0, 0.1) is 0 Å². The fourth-order valence-corrected chi connectivity index (χ4v) is 0.977. The van der Waals surface area contributed by atoms with Crippen LogP contribution in [0.2, 0.25) is 0 Å². The van der Waals surface area contributed by atoms with Crippen molar-refractivity contribution < 1.29 is 9.44 Å². The molecule has 1 aromatic carbocycles. The molecule has 0 fully saturated rings. The molecule has 0 spiro atoms. The Morgan fingerprint density at radius 2 is 2.10 bits per heavy atom. The molecular formula is C7H5BO2. The molecule has 1 heterocycles. The Labute approximate surface area is 58.3 Å². The van der Waals surface area contributed by atoms with Crippen LogP contribution in [0.3, 0.4) is 0 Å². The zero-order valence-electron chi connectivity index (χ0n) is 5.24. The van der Waals surface area contributed by atoms with Crippen molar-refractivity contribution in [2.45, 2.75) is 0 Å². The number of hydrogen-bond acceptors (Lipinski definition) is 2. The summed E-state index contributed by atoms with van der Waals surface area (Å²) in [5.74, 6) is -0.00407. The molecule has 3 heteroatoms. The van der Waals surface area contributed by atoms with E-state index in [1.165, 1.54) is 7.13 Å². The van der Waals surface area contributed by atoms with Gasteiger partial charge in [0.05, 0.1) is 0 Å². The molecule has 0 unspecified atom stereocenters. The first-order chi connectivity index (χ1) is 4.88. The van der Waals surface area contributed by atoms with Gasteiger partial charge in [-0.25, -0.2) is 0 Å². The molecule has 0 radical (unpaired) electrons. The summed E-state index contributed by atoms with van der Waals surface area (Å²) in [6.45, 7) is 0. The van der Waals surface area contributed by atoms with Gasteiger partial charge in [0.1, 0.15) is 0 Å². The van der Waals surface area contributed by atoms with Gasteiger partial charge in [0.25, 0.3) is 0 Å². The summed E-state index contributed by atoms with van der Waals surface area (Å²) < 4.78 is 4.77. The van der Waals surface area contributed by atoms with Gasteiger partial charge in [-0.05, 0) is 0 Å². The van der Waals surface area contributed by atoms with E-state index in [1.807, 2.05) is 24.3 Å². The third kappa shape index (κ3) is 0.636. The molecule has 0 aliphatic rings. The Balaban J connectivity index is 2.93. The van der Waals surface area contributed by atoms with Crippen LogP contribution in [0.5, 0.6) is 5.95 Å². The normalized spacial score (nSPS) is 10.0. The second-order valence-corrected chi connectivity index (χ2v) is 2.13. The van der Waals surface area contributed by atoms with Crippen molar-refractivity contribution in [3.05, 3.63) is 24.3 Å². The second-order valence-electron chi connectivity index (χ2n) is 2.13. The summed E-state index contributed by atoms with van der Waals surface area (Å²) in [7, 11) is 1.53. The molecule has 2 rings (SSSR count). The fourth-order valence-electron chi connectivity index (χ4n) is 0.977. The molecule has 48 valence electrons. The SMILES string of the molecule is Oc1obc2ccccc12. The average Bonchev–Trinajstić information content (AvgIpc) is 2.34. The first-order valence-electron chi connectivity index (χ1n) is 3.03. The number of fused-ring (bicyclic) bond motifs is 1. The van der Waals surface area contributed by atoms with Gasteiger partial charge in [0.15, 0.2) is 0 Å². The van der Waals surface area contributed by atoms with Crippen molar-refractivity contribution in [2.24, 2.45) is 0 Å². The monoisotopic (exact) mass is 132 g/mol. The van der Waals surface area contributed by atoms with E-state index in [-0.39, 0.29) is 5.95 Å². The Kier molecular flexibility index (Phi) is 1.03. The maximum absolute atomic E-state index is 9.04. The molecule has 0 saturated carbocycles. The van der Waals surface area contributed by atoms with Crippen LogP contribution in [0.15, 0.2) is 28.6 Å². The van der Waals surface area contributed by atoms with Crippen LogP contribution in [0.25, 0.3) is 10.7 Å². The van der Waals surface area contributed by atoms with E-state index < -0.39 is 0 Å². The molecule has 2 nitrogen and oxygen atoms in total. The van der Waals surface area contributed by atoms with Crippen molar-refractivity contribution in [1.82, 2.24) is 0 Å². The van der Waals surface area contributed by atoms with Crippen molar-refractivity contribution >= 4 is 17.8 Å². The topological polar surface area (TPSA) is 33.4 Å². The van der Waals surface area contributed by atoms with Crippen LogP contribution in [-0.4, -0.2) is 12.2 Å². The van der Waals surface area contributed by atoms with Gasteiger partial charge in [-0.2, -0.15) is 0 Å². The Bertz CT molecular complexity index is 353. The molecule has 0 saturated heterocycles. The van der Waals surface area contributed by atoms with Crippen molar-refractivity contribution in [3.8, 4) is 5.95 Å². The quantitative estimate of drug-likeness (QED) is 0.588. The number of benzene rings is 1. The van der Waals surface area contributed by atoms with Crippen LogP contribution >= 0.6 is 0 Å². The molecule has 1 N–H and O–H groups in total. The molecule has 10 heavy (non-hydrogen) atoms. The van der Waals surface area contributed by atoms with Crippen molar-refractivity contribution in [1.29, 1.82) is 0 Å². The van der Waals surface area contributed by atoms with Gasteiger partial charge in [-0.15, -0.1) is 0 Å². The van der Waals surface area contributed by atoms with E-state index >= 15 is 0 Å². The standard InChI is InChI=1S/C7H5BO2/c9-7-5-3-1-2-4-6(5)8-10-7/h1-4,9H. The Hall–Kier alpha value is -1.25. The van der Waals surface area contributed by atoms with Gasteiger partial charge >= 0.3 is 57.4 Å². The molecule has 0 aliphatic carbocycles. The third-order valence-corrected chi connectivity index (χ3v) is 1.49. The van der Waals surface area contributed by atoms with Crippen molar-refractivity contribution in [2.75, 3.05) is 0 Å². The molecule has 2 aromatic rings. The summed E-state index contributed by atoms with van der Waals surface area (Å²) in [6, 6.07) is 7.46. The second kappa shape index (κ2) is 1.87. The van der Waals surface area contributed by atoms with Crippen molar-refractivity contribution in [3.63, 3.8) is 0 Å². The zero-order chi connectivity index (χ0) is 6.97. The van der Waals surface area contributed by atoms with E-state index in [1.54, 1.807) is 0 Å². The summed E-state index contributed by atoms with van der Waals surface area (Å²) in [5.41, 5.74) is 0. The maximum atomic E-state index is 9.04.